The first-order chi connectivity index (χ1) is 8.47. The number of aliphatic carboxylic acids is 1. The summed E-state index contributed by atoms with van der Waals surface area (Å²) >= 11 is 0. The molecule has 2 amide bonds. The summed E-state index contributed by atoms with van der Waals surface area (Å²) in [6, 6.07) is 0. The number of nitrogens with zero attached hydrogens (tertiary/aromatic N) is 1. The summed E-state index contributed by atoms with van der Waals surface area (Å²) in [5.41, 5.74) is -1.30. The second kappa shape index (κ2) is 5.84. The topological polar surface area (TPSA) is 86.7 Å². The molecule has 18 heavy (non-hydrogen) atoms. The van der Waals surface area contributed by atoms with Gasteiger partial charge < -0.3 is 15.3 Å². The van der Waals surface area contributed by atoms with Crippen LogP contribution in [0.1, 0.15) is 33.1 Å². The molecule has 1 fully saturated rings. The Morgan fingerprint density at radius 1 is 1.22 bits per heavy atom. The number of amides is 2. The molecular formula is C12H20N2O4. The van der Waals surface area contributed by atoms with E-state index in [4.69, 9.17) is 5.11 Å². The lowest BCUT2D eigenvalue weighted by Crippen LogP contribution is -2.53. The van der Waals surface area contributed by atoms with Crippen molar-refractivity contribution in [1.82, 2.24) is 10.2 Å². The predicted octanol–water partition coefficient (Wildman–Crippen LogP) is 0.226. The minimum atomic E-state index is -1.30. The standard InChI is InChI=1S/C12H20N2O4/c1-3-14(4-2)9(15)8-13-10(16)12(11(17)18)6-5-7-12/h3-8H2,1-2H3,(H,13,16)(H,17,18). The number of carboxylic acids is 1. The first-order valence-electron chi connectivity index (χ1n) is 6.27. The van der Waals surface area contributed by atoms with Crippen LogP contribution < -0.4 is 5.32 Å². The number of nitrogens with one attached hydrogen (secondary N) is 1. The van der Waals surface area contributed by atoms with Gasteiger partial charge in [-0.25, -0.2) is 0 Å². The van der Waals surface area contributed by atoms with Crippen LogP contribution in [-0.4, -0.2) is 47.4 Å². The summed E-state index contributed by atoms with van der Waals surface area (Å²) < 4.78 is 0. The molecule has 1 aliphatic carbocycles. The molecule has 0 atom stereocenters. The molecular weight excluding hydrogens is 236 g/mol. The Labute approximate surface area is 106 Å². The number of carbonyl (C=O) groups excluding carboxylic acids is 2. The smallest absolute Gasteiger partial charge is 0.319 e. The van der Waals surface area contributed by atoms with Crippen LogP contribution in [0.2, 0.25) is 0 Å². The lowest BCUT2D eigenvalue weighted by atomic mass is 9.68. The van der Waals surface area contributed by atoms with E-state index in [0.29, 0.717) is 25.9 Å². The van der Waals surface area contributed by atoms with Gasteiger partial charge in [-0.05, 0) is 26.7 Å². The average molecular weight is 256 g/mol. The van der Waals surface area contributed by atoms with Crippen LogP contribution >= 0.6 is 0 Å². The van der Waals surface area contributed by atoms with Gasteiger partial charge >= 0.3 is 5.97 Å². The van der Waals surface area contributed by atoms with Gasteiger partial charge in [-0.15, -0.1) is 0 Å². The summed E-state index contributed by atoms with van der Waals surface area (Å²) in [4.78, 5) is 36.2. The van der Waals surface area contributed by atoms with Crippen LogP contribution in [0, 0.1) is 5.41 Å². The number of likely N-dealkylation sites (N-methyl/N-ethyl adjacent to an activating group) is 1. The fourth-order valence-corrected chi connectivity index (χ4v) is 2.08. The third kappa shape index (κ3) is 2.63. The summed E-state index contributed by atoms with van der Waals surface area (Å²) in [6.45, 7) is 4.74. The van der Waals surface area contributed by atoms with Crippen LogP contribution in [-0.2, 0) is 14.4 Å². The molecule has 0 aliphatic heterocycles. The molecule has 102 valence electrons. The van der Waals surface area contributed by atoms with Crippen molar-refractivity contribution in [2.45, 2.75) is 33.1 Å². The van der Waals surface area contributed by atoms with Crippen LogP contribution in [0.15, 0.2) is 0 Å². The molecule has 0 spiro atoms. The van der Waals surface area contributed by atoms with Crippen molar-refractivity contribution in [3.8, 4) is 0 Å². The summed E-state index contributed by atoms with van der Waals surface area (Å²) in [5, 5.41) is 11.5. The molecule has 6 nitrogen and oxygen atoms in total. The largest absolute Gasteiger partial charge is 0.480 e. The lowest BCUT2D eigenvalue weighted by Gasteiger charge is -2.35. The lowest BCUT2D eigenvalue weighted by molar-refractivity contribution is -0.162. The van der Waals surface area contributed by atoms with E-state index in [1.807, 2.05) is 13.8 Å². The number of carboxylic acid groups (broad SMARTS) is 1. The van der Waals surface area contributed by atoms with E-state index >= 15 is 0 Å². The maximum atomic E-state index is 11.8. The fraction of sp³-hybridized carbons (Fsp3) is 0.750. The molecule has 1 aliphatic rings. The third-order valence-electron chi connectivity index (χ3n) is 3.57. The maximum Gasteiger partial charge on any atom is 0.319 e. The molecule has 0 radical (unpaired) electrons. The van der Waals surface area contributed by atoms with Crippen molar-refractivity contribution in [2.24, 2.45) is 5.41 Å². The number of rotatable bonds is 6. The Morgan fingerprint density at radius 3 is 2.11 bits per heavy atom. The van der Waals surface area contributed by atoms with Crippen molar-refractivity contribution in [2.75, 3.05) is 19.6 Å². The first-order valence-corrected chi connectivity index (χ1v) is 6.27. The van der Waals surface area contributed by atoms with Crippen molar-refractivity contribution in [3.63, 3.8) is 0 Å². The molecule has 2 N–H and O–H groups in total. The molecule has 6 heteroatoms. The van der Waals surface area contributed by atoms with Crippen LogP contribution in [0.3, 0.4) is 0 Å². The fourth-order valence-electron chi connectivity index (χ4n) is 2.08. The molecule has 1 rings (SSSR count). The molecule has 1 saturated carbocycles. The number of hydrogen-bond acceptors (Lipinski definition) is 3. The van der Waals surface area contributed by atoms with Crippen LogP contribution in [0.5, 0.6) is 0 Å². The zero-order chi connectivity index (χ0) is 13.8. The van der Waals surface area contributed by atoms with Gasteiger partial charge in [0.05, 0.1) is 6.54 Å². The average Bonchev–Trinajstić information content (AvgIpc) is 2.25. The number of hydrogen-bond donors (Lipinski definition) is 2. The zero-order valence-corrected chi connectivity index (χ0v) is 10.9. The highest BCUT2D eigenvalue weighted by molar-refractivity contribution is 6.03. The van der Waals surface area contributed by atoms with Crippen molar-refractivity contribution in [3.05, 3.63) is 0 Å². The second-order valence-electron chi connectivity index (χ2n) is 4.49. The normalized spacial score (nSPS) is 16.6. The van der Waals surface area contributed by atoms with Gasteiger partial charge in [0, 0.05) is 13.1 Å². The highest BCUT2D eigenvalue weighted by Crippen LogP contribution is 2.41. The predicted molar refractivity (Wildman–Crippen MR) is 64.9 cm³/mol. The van der Waals surface area contributed by atoms with Crippen LogP contribution in [0.4, 0.5) is 0 Å². The Balaban J connectivity index is 2.51. The number of carbonyl (C=O) groups is 3. The maximum absolute atomic E-state index is 11.8. The summed E-state index contributed by atoms with van der Waals surface area (Å²) in [5.74, 6) is -1.82. The van der Waals surface area contributed by atoms with Crippen molar-refractivity contribution >= 4 is 17.8 Å². The van der Waals surface area contributed by atoms with Crippen molar-refractivity contribution in [1.29, 1.82) is 0 Å². The van der Waals surface area contributed by atoms with Gasteiger partial charge in [-0.2, -0.15) is 0 Å². The summed E-state index contributed by atoms with van der Waals surface area (Å²) in [7, 11) is 0. The molecule has 0 aromatic carbocycles. The first kappa shape index (κ1) is 14.5. The van der Waals surface area contributed by atoms with Gasteiger partial charge in [0.25, 0.3) is 0 Å². The van der Waals surface area contributed by atoms with E-state index in [1.165, 1.54) is 0 Å². The Kier molecular flexibility index (Phi) is 4.69. The van der Waals surface area contributed by atoms with Gasteiger partial charge in [0.15, 0.2) is 0 Å². The van der Waals surface area contributed by atoms with E-state index < -0.39 is 17.3 Å². The molecule has 0 heterocycles. The van der Waals surface area contributed by atoms with Gasteiger partial charge in [-0.3, -0.25) is 14.4 Å². The molecule has 0 aromatic rings. The Hall–Kier alpha value is -1.59. The van der Waals surface area contributed by atoms with E-state index in [-0.39, 0.29) is 12.5 Å². The van der Waals surface area contributed by atoms with Gasteiger partial charge in [-0.1, -0.05) is 6.42 Å². The highest BCUT2D eigenvalue weighted by Gasteiger charge is 2.51. The van der Waals surface area contributed by atoms with E-state index in [9.17, 15) is 14.4 Å². The van der Waals surface area contributed by atoms with Gasteiger partial charge in [0.2, 0.25) is 11.8 Å². The minimum absolute atomic E-state index is 0.129. The molecule has 0 unspecified atom stereocenters. The monoisotopic (exact) mass is 256 g/mol. The van der Waals surface area contributed by atoms with Gasteiger partial charge in [0.1, 0.15) is 5.41 Å². The van der Waals surface area contributed by atoms with Crippen LogP contribution in [0.25, 0.3) is 0 Å². The SMILES string of the molecule is CCN(CC)C(=O)CNC(=O)C1(C(=O)O)CCC1. The van der Waals surface area contributed by atoms with E-state index in [0.717, 1.165) is 6.42 Å². The zero-order valence-electron chi connectivity index (χ0n) is 10.9. The molecule has 0 bridgehead atoms. The van der Waals surface area contributed by atoms with E-state index in [2.05, 4.69) is 5.32 Å². The second-order valence-corrected chi connectivity index (χ2v) is 4.49. The third-order valence-corrected chi connectivity index (χ3v) is 3.57. The Bertz CT molecular complexity index is 346. The van der Waals surface area contributed by atoms with E-state index in [1.54, 1.807) is 4.90 Å². The molecule has 0 saturated heterocycles. The summed E-state index contributed by atoms with van der Waals surface area (Å²) in [6.07, 6.45) is 1.45. The quantitative estimate of drug-likeness (QED) is 0.666. The molecule has 0 aromatic heterocycles. The Morgan fingerprint density at radius 2 is 1.78 bits per heavy atom. The minimum Gasteiger partial charge on any atom is -0.480 e. The van der Waals surface area contributed by atoms with Crippen molar-refractivity contribution < 1.29 is 19.5 Å². The highest BCUT2D eigenvalue weighted by atomic mass is 16.4.